The van der Waals surface area contributed by atoms with E-state index in [2.05, 4.69) is 23.8 Å². The Kier molecular flexibility index (Phi) is 31.0. The molecule has 0 aromatic rings. The van der Waals surface area contributed by atoms with E-state index in [1.54, 1.807) is 0 Å². The summed E-state index contributed by atoms with van der Waals surface area (Å²) in [5, 5.41) is 0. The normalized spacial score (nSPS) is 10.3. The Morgan fingerprint density at radius 2 is 0.758 bits per heavy atom. The second kappa shape index (κ2) is 28.4. The third kappa shape index (κ3) is 58.9. The molecule has 0 spiro atoms. The standard InChI is InChI=1S/2C11H25N3.H2O4S/c2*1-2-3-4-5-6-7-8-9-10-14-11(12)13;1-5(2,3)4/h2*2-10H2,1H3,(H4,12,13,14);(H2,1,2,3,4). The van der Waals surface area contributed by atoms with E-state index in [0.717, 1.165) is 25.9 Å². The van der Waals surface area contributed by atoms with Crippen molar-refractivity contribution < 1.29 is 17.5 Å². The Balaban J connectivity index is -0.000000453. The van der Waals surface area contributed by atoms with Gasteiger partial charge in [0.1, 0.15) is 0 Å². The van der Waals surface area contributed by atoms with Crippen molar-refractivity contribution in [1.82, 2.24) is 0 Å². The topological polar surface area (TPSA) is 203 Å². The summed E-state index contributed by atoms with van der Waals surface area (Å²) >= 11 is 0. The lowest BCUT2D eigenvalue weighted by molar-refractivity contribution is 0.381. The Labute approximate surface area is 202 Å². The van der Waals surface area contributed by atoms with Gasteiger partial charge in [-0.1, -0.05) is 104 Å². The summed E-state index contributed by atoms with van der Waals surface area (Å²) in [5.41, 5.74) is 20.9. The maximum Gasteiger partial charge on any atom is 0.394 e. The van der Waals surface area contributed by atoms with E-state index in [-0.39, 0.29) is 11.9 Å². The maximum atomic E-state index is 8.74. The van der Waals surface area contributed by atoms with E-state index < -0.39 is 10.4 Å². The third-order valence-corrected chi connectivity index (χ3v) is 4.61. The van der Waals surface area contributed by atoms with E-state index >= 15 is 0 Å². The van der Waals surface area contributed by atoms with E-state index in [0.29, 0.717) is 0 Å². The summed E-state index contributed by atoms with van der Waals surface area (Å²) in [6, 6.07) is 0. The molecular weight excluding hydrogens is 444 g/mol. The number of nitrogens with two attached hydrogens (primary N) is 4. The first-order chi connectivity index (χ1) is 15.5. The van der Waals surface area contributed by atoms with E-state index in [1.807, 2.05) is 0 Å². The van der Waals surface area contributed by atoms with Crippen LogP contribution in [0.4, 0.5) is 0 Å². The molecule has 0 aromatic heterocycles. The first-order valence-corrected chi connectivity index (χ1v) is 13.7. The van der Waals surface area contributed by atoms with Gasteiger partial charge >= 0.3 is 10.4 Å². The molecule has 0 saturated carbocycles. The van der Waals surface area contributed by atoms with Crippen LogP contribution < -0.4 is 22.9 Å². The van der Waals surface area contributed by atoms with Gasteiger partial charge in [0, 0.05) is 13.1 Å². The van der Waals surface area contributed by atoms with Gasteiger partial charge in [0.15, 0.2) is 11.9 Å². The molecule has 0 saturated heterocycles. The molecule has 0 aliphatic heterocycles. The van der Waals surface area contributed by atoms with Crippen LogP contribution in [-0.2, 0) is 10.4 Å². The molecular formula is C22H52N6O4S. The minimum Gasteiger partial charge on any atom is -0.370 e. The number of guanidine groups is 2. The molecule has 200 valence electrons. The number of aliphatic imine (C=N–C) groups is 2. The van der Waals surface area contributed by atoms with Gasteiger partial charge in [-0.15, -0.1) is 0 Å². The highest BCUT2D eigenvalue weighted by molar-refractivity contribution is 7.79. The molecule has 0 aliphatic carbocycles. The largest absolute Gasteiger partial charge is 0.394 e. The molecule has 10 nitrogen and oxygen atoms in total. The van der Waals surface area contributed by atoms with Crippen LogP contribution in [0.15, 0.2) is 9.98 Å². The molecule has 0 rings (SSSR count). The smallest absolute Gasteiger partial charge is 0.370 e. The summed E-state index contributed by atoms with van der Waals surface area (Å²) in [4.78, 5) is 7.89. The molecule has 0 bridgehead atoms. The number of rotatable bonds is 18. The van der Waals surface area contributed by atoms with Crippen molar-refractivity contribution in [2.75, 3.05) is 13.1 Å². The van der Waals surface area contributed by atoms with Crippen LogP contribution in [0.5, 0.6) is 0 Å². The Hall–Kier alpha value is -1.59. The summed E-state index contributed by atoms with van der Waals surface area (Å²) in [6.45, 7) is 6.07. The number of hydrogen-bond donors (Lipinski definition) is 6. The van der Waals surface area contributed by atoms with Gasteiger partial charge < -0.3 is 22.9 Å². The molecule has 0 heterocycles. The van der Waals surface area contributed by atoms with Gasteiger partial charge in [-0.2, -0.15) is 8.42 Å². The van der Waals surface area contributed by atoms with E-state index in [9.17, 15) is 0 Å². The fraction of sp³-hybridized carbons (Fsp3) is 0.909. The predicted molar refractivity (Wildman–Crippen MR) is 141 cm³/mol. The zero-order valence-corrected chi connectivity index (χ0v) is 21.9. The summed E-state index contributed by atoms with van der Waals surface area (Å²) in [6.07, 6.45) is 21.1. The van der Waals surface area contributed by atoms with Gasteiger partial charge in [-0.05, 0) is 12.8 Å². The zero-order chi connectivity index (χ0) is 25.8. The highest BCUT2D eigenvalue weighted by Crippen LogP contribution is 2.09. The third-order valence-electron chi connectivity index (χ3n) is 4.61. The van der Waals surface area contributed by atoms with Crippen LogP contribution in [0.2, 0.25) is 0 Å². The van der Waals surface area contributed by atoms with E-state index in [1.165, 1.54) is 89.9 Å². The van der Waals surface area contributed by atoms with Crippen LogP contribution in [-0.4, -0.2) is 42.5 Å². The SMILES string of the molecule is CCCCCCCCCCN=C(N)N.CCCCCCCCCCN=C(N)N.O=S(=O)(O)O. The summed E-state index contributed by atoms with van der Waals surface area (Å²) < 4.78 is 31.6. The van der Waals surface area contributed by atoms with Crippen LogP contribution >= 0.6 is 0 Å². The molecule has 33 heavy (non-hydrogen) atoms. The van der Waals surface area contributed by atoms with Crippen LogP contribution in [0.3, 0.4) is 0 Å². The highest BCUT2D eigenvalue weighted by Gasteiger charge is 1.92. The van der Waals surface area contributed by atoms with Crippen molar-refractivity contribution in [3.05, 3.63) is 0 Å². The molecule has 10 N–H and O–H groups in total. The van der Waals surface area contributed by atoms with Gasteiger partial charge in [0.2, 0.25) is 0 Å². The maximum absolute atomic E-state index is 8.74. The van der Waals surface area contributed by atoms with Crippen LogP contribution in [0, 0.1) is 0 Å². The number of hydrogen-bond acceptors (Lipinski definition) is 4. The molecule has 0 amide bonds. The molecule has 0 fully saturated rings. The van der Waals surface area contributed by atoms with Gasteiger partial charge in [0.05, 0.1) is 0 Å². The first kappa shape index (κ1) is 36.0. The van der Waals surface area contributed by atoms with E-state index in [4.69, 9.17) is 40.5 Å². The average Bonchev–Trinajstić information content (AvgIpc) is 2.70. The second-order valence-corrected chi connectivity index (χ2v) is 8.91. The monoisotopic (exact) mass is 496 g/mol. The lowest BCUT2D eigenvalue weighted by Gasteiger charge is -1.99. The molecule has 0 atom stereocenters. The fourth-order valence-corrected chi connectivity index (χ4v) is 2.91. The Bertz CT molecular complexity index is 507. The van der Waals surface area contributed by atoms with Gasteiger partial charge in [-0.3, -0.25) is 19.1 Å². The highest BCUT2D eigenvalue weighted by atomic mass is 32.3. The molecule has 0 aromatic carbocycles. The molecule has 11 heteroatoms. The number of unbranched alkanes of at least 4 members (excludes halogenated alkanes) is 14. The Morgan fingerprint density at radius 1 is 0.545 bits per heavy atom. The lowest BCUT2D eigenvalue weighted by atomic mass is 10.1. The minimum atomic E-state index is -4.67. The van der Waals surface area contributed by atoms with Crippen molar-refractivity contribution in [1.29, 1.82) is 0 Å². The summed E-state index contributed by atoms with van der Waals surface area (Å²) in [7, 11) is -4.67. The molecule has 0 aliphatic rings. The fourth-order valence-electron chi connectivity index (χ4n) is 2.91. The minimum absolute atomic E-state index is 0.216. The van der Waals surface area contributed by atoms with Crippen LogP contribution in [0.25, 0.3) is 0 Å². The van der Waals surface area contributed by atoms with Gasteiger partial charge in [-0.25, -0.2) is 0 Å². The number of nitrogens with zero attached hydrogens (tertiary/aromatic N) is 2. The van der Waals surface area contributed by atoms with Crippen molar-refractivity contribution in [3.8, 4) is 0 Å². The average molecular weight is 497 g/mol. The Morgan fingerprint density at radius 3 is 0.970 bits per heavy atom. The quantitative estimate of drug-likeness (QED) is 0.0701. The van der Waals surface area contributed by atoms with Crippen LogP contribution in [0.1, 0.15) is 117 Å². The van der Waals surface area contributed by atoms with Gasteiger partial charge in [0.25, 0.3) is 0 Å². The molecule has 0 radical (unpaired) electrons. The van der Waals surface area contributed by atoms with Crippen molar-refractivity contribution >= 4 is 22.3 Å². The second-order valence-electron chi connectivity index (χ2n) is 8.01. The van der Waals surface area contributed by atoms with Crippen molar-refractivity contribution in [3.63, 3.8) is 0 Å². The predicted octanol–water partition coefficient (Wildman–Crippen LogP) is 4.15. The first-order valence-electron chi connectivity index (χ1n) is 12.3. The van der Waals surface area contributed by atoms with Crippen molar-refractivity contribution in [2.45, 2.75) is 117 Å². The van der Waals surface area contributed by atoms with Crippen molar-refractivity contribution in [2.24, 2.45) is 32.9 Å². The summed E-state index contributed by atoms with van der Waals surface area (Å²) in [5.74, 6) is 0.431. The molecule has 0 unspecified atom stereocenters. The lowest BCUT2D eigenvalue weighted by Crippen LogP contribution is -2.22. The zero-order valence-electron chi connectivity index (χ0n) is 21.1.